The number of phenolic OH excluding ortho intramolecular Hbond substituents is 1. The van der Waals surface area contributed by atoms with Crippen LogP contribution in [0.15, 0.2) is 47.2 Å². The van der Waals surface area contributed by atoms with Gasteiger partial charge in [-0.05, 0) is 67.9 Å². The molecule has 1 fully saturated rings. The van der Waals surface area contributed by atoms with E-state index in [1.807, 2.05) is 39.0 Å². The monoisotopic (exact) mass is 544 g/mol. The van der Waals surface area contributed by atoms with E-state index in [0.717, 1.165) is 29.2 Å². The third-order valence-corrected chi connectivity index (χ3v) is 9.56. The van der Waals surface area contributed by atoms with Gasteiger partial charge in [-0.25, -0.2) is 0 Å². The van der Waals surface area contributed by atoms with Crippen molar-refractivity contribution < 1.29 is 34.8 Å². The van der Waals surface area contributed by atoms with E-state index >= 15 is 0 Å². The molecule has 0 heterocycles. The van der Waals surface area contributed by atoms with Crippen LogP contribution in [0.2, 0.25) is 0 Å². The number of carbonyl (C=O) groups excluding carboxylic acids is 3. The molecule has 5 rings (SSSR count). The Kier molecular flexibility index (Phi) is 6.02. The first-order valence-electron chi connectivity index (χ1n) is 13.6. The lowest BCUT2D eigenvalue weighted by Crippen LogP contribution is -2.69. The minimum atomic E-state index is -2.61. The van der Waals surface area contributed by atoms with Crippen molar-refractivity contribution in [3.8, 4) is 16.9 Å². The molecule has 0 spiro atoms. The molecule has 0 amide bonds. The van der Waals surface area contributed by atoms with Crippen molar-refractivity contribution in [2.45, 2.75) is 66.9 Å². The smallest absolute Gasteiger partial charge is 0.203 e. The maximum atomic E-state index is 14.4. The molecule has 1 saturated carbocycles. The molecule has 0 aliphatic heterocycles. The molecule has 2 aromatic carbocycles. The molecule has 0 radical (unpaired) electrons. The summed E-state index contributed by atoms with van der Waals surface area (Å²) in [6.45, 7) is 12.1. The molecule has 0 aromatic heterocycles. The molecule has 210 valence electrons. The Morgan fingerprint density at radius 2 is 1.62 bits per heavy atom. The zero-order chi connectivity index (χ0) is 29.7. The Morgan fingerprint density at radius 3 is 2.20 bits per heavy atom. The fraction of sp³-hybridized carbons (Fsp3) is 0.424. The van der Waals surface area contributed by atoms with Crippen LogP contribution in [-0.4, -0.2) is 43.4 Å². The molecule has 2 aromatic rings. The van der Waals surface area contributed by atoms with E-state index in [1.165, 1.54) is 6.07 Å². The number of rotatable bonds is 3. The molecular formula is C33H36O7. The molecule has 0 bridgehead atoms. The number of fused-ring (bicyclic) bond motifs is 3. The summed E-state index contributed by atoms with van der Waals surface area (Å²) in [5.41, 5.74) is -1.26. The average molecular weight is 545 g/mol. The number of carbonyl (C=O) groups is 3. The van der Waals surface area contributed by atoms with Crippen LogP contribution in [0.1, 0.15) is 63.3 Å². The van der Waals surface area contributed by atoms with Crippen LogP contribution >= 0.6 is 0 Å². The predicted molar refractivity (Wildman–Crippen MR) is 151 cm³/mol. The van der Waals surface area contributed by atoms with Gasteiger partial charge in [0.2, 0.25) is 5.78 Å². The van der Waals surface area contributed by atoms with E-state index < -0.39 is 56.8 Å². The summed E-state index contributed by atoms with van der Waals surface area (Å²) in [5.74, 6) is -5.25. The molecule has 40 heavy (non-hydrogen) atoms. The fourth-order valence-corrected chi connectivity index (χ4v) is 8.09. The van der Waals surface area contributed by atoms with E-state index in [0.29, 0.717) is 5.56 Å². The van der Waals surface area contributed by atoms with E-state index in [4.69, 9.17) is 0 Å². The summed E-state index contributed by atoms with van der Waals surface area (Å²) in [6.07, 6.45) is 0.298. The van der Waals surface area contributed by atoms with Crippen molar-refractivity contribution in [1.82, 2.24) is 0 Å². The van der Waals surface area contributed by atoms with Gasteiger partial charge in [0.15, 0.2) is 17.2 Å². The van der Waals surface area contributed by atoms with Gasteiger partial charge in [-0.15, -0.1) is 0 Å². The number of Topliss-reactive ketones (excluding diaryl/α,β-unsaturated/α-hetero) is 3. The summed E-state index contributed by atoms with van der Waals surface area (Å²) < 4.78 is 0. The van der Waals surface area contributed by atoms with Crippen molar-refractivity contribution >= 4 is 23.1 Å². The van der Waals surface area contributed by atoms with Crippen LogP contribution in [0.5, 0.6) is 5.75 Å². The second kappa shape index (κ2) is 8.64. The number of hydrogen-bond acceptors (Lipinski definition) is 7. The summed E-state index contributed by atoms with van der Waals surface area (Å²) in [7, 11) is 0. The first-order valence-corrected chi connectivity index (χ1v) is 13.6. The summed E-state index contributed by atoms with van der Waals surface area (Å²) >= 11 is 0. The highest BCUT2D eigenvalue weighted by molar-refractivity contribution is 6.24. The Morgan fingerprint density at radius 1 is 1.00 bits per heavy atom. The van der Waals surface area contributed by atoms with E-state index in [-0.39, 0.29) is 35.6 Å². The van der Waals surface area contributed by atoms with E-state index in [9.17, 15) is 34.8 Å². The fourth-order valence-electron chi connectivity index (χ4n) is 8.09. The van der Waals surface area contributed by atoms with Gasteiger partial charge in [0.1, 0.15) is 22.8 Å². The first-order chi connectivity index (χ1) is 18.5. The van der Waals surface area contributed by atoms with Crippen LogP contribution in [0.25, 0.3) is 16.9 Å². The Bertz CT molecular complexity index is 1590. The lowest BCUT2D eigenvalue weighted by atomic mass is 9.43. The average Bonchev–Trinajstić information content (AvgIpc) is 2.81. The van der Waals surface area contributed by atoms with Crippen LogP contribution in [0.3, 0.4) is 0 Å². The highest BCUT2D eigenvalue weighted by atomic mass is 16.3. The number of hydrogen-bond donors (Lipinski definition) is 4. The maximum absolute atomic E-state index is 14.4. The van der Waals surface area contributed by atoms with Gasteiger partial charge in [-0.2, -0.15) is 0 Å². The third-order valence-electron chi connectivity index (χ3n) is 9.56. The van der Waals surface area contributed by atoms with Gasteiger partial charge in [-0.3, -0.25) is 14.4 Å². The van der Waals surface area contributed by atoms with Gasteiger partial charge in [0, 0.05) is 22.3 Å². The summed E-state index contributed by atoms with van der Waals surface area (Å²) in [5, 5.41) is 46.0. The molecule has 7 nitrogen and oxygen atoms in total. The number of ketones is 3. The highest BCUT2D eigenvalue weighted by Crippen LogP contribution is 2.65. The molecular weight excluding hydrogens is 508 g/mol. The number of phenols is 1. The third kappa shape index (κ3) is 3.36. The van der Waals surface area contributed by atoms with Crippen molar-refractivity contribution in [3.63, 3.8) is 0 Å². The zero-order valence-corrected chi connectivity index (χ0v) is 24.0. The lowest BCUT2D eigenvalue weighted by molar-refractivity contribution is -0.178. The first kappa shape index (κ1) is 27.8. The highest BCUT2D eigenvalue weighted by Gasteiger charge is 2.72. The van der Waals surface area contributed by atoms with Gasteiger partial charge < -0.3 is 20.4 Å². The van der Waals surface area contributed by atoms with Crippen LogP contribution in [-0.2, 0) is 20.8 Å². The number of aliphatic hydroxyl groups excluding tert-OH is 2. The SMILES string of the molecule is CC(=O)C1=C(O)[C@]2(O)C(=O)C3=C(O)c4c(O)ccc(-c5ccc(C)cc5C)c4C[C@]3(C)C[C@]2(C)C(C(C)C)C1=O. The minimum absolute atomic E-state index is 0.0624. The quantitative estimate of drug-likeness (QED) is 0.377. The molecule has 3 aliphatic rings. The number of aryl methyl sites for hydroxylation is 2. The number of aromatic hydroxyl groups is 1. The van der Waals surface area contributed by atoms with Gasteiger partial charge in [0.25, 0.3) is 0 Å². The van der Waals surface area contributed by atoms with Gasteiger partial charge >= 0.3 is 0 Å². The summed E-state index contributed by atoms with van der Waals surface area (Å²) in [4.78, 5) is 40.5. The lowest BCUT2D eigenvalue weighted by Gasteiger charge is -2.59. The van der Waals surface area contributed by atoms with Crippen LogP contribution < -0.4 is 0 Å². The van der Waals surface area contributed by atoms with Gasteiger partial charge in [0.05, 0.1) is 5.56 Å². The number of benzene rings is 2. The largest absolute Gasteiger partial charge is 0.508 e. The van der Waals surface area contributed by atoms with Crippen molar-refractivity contribution in [1.29, 1.82) is 0 Å². The molecule has 1 unspecified atom stereocenters. The second-order valence-corrected chi connectivity index (χ2v) is 12.8. The normalized spacial score (nSPS) is 29.9. The number of allylic oxidation sites excluding steroid dienone is 1. The molecule has 4 atom stereocenters. The molecule has 0 saturated heterocycles. The Labute approximate surface area is 233 Å². The summed E-state index contributed by atoms with van der Waals surface area (Å²) in [6, 6.07) is 9.29. The van der Waals surface area contributed by atoms with Crippen LogP contribution in [0.4, 0.5) is 0 Å². The van der Waals surface area contributed by atoms with Gasteiger partial charge in [-0.1, -0.05) is 57.5 Å². The van der Waals surface area contributed by atoms with Crippen molar-refractivity contribution in [2.24, 2.45) is 22.7 Å². The number of aliphatic hydroxyl groups is 3. The Hall–Kier alpha value is -3.71. The second-order valence-electron chi connectivity index (χ2n) is 12.8. The van der Waals surface area contributed by atoms with Crippen LogP contribution in [0, 0.1) is 36.5 Å². The van der Waals surface area contributed by atoms with E-state index in [2.05, 4.69) is 0 Å². The predicted octanol–water partition coefficient (Wildman–Crippen LogP) is 5.47. The molecule has 4 N–H and O–H groups in total. The molecule has 7 heteroatoms. The van der Waals surface area contributed by atoms with E-state index in [1.54, 1.807) is 26.8 Å². The van der Waals surface area contributed by atoms with Crippen molar-refractivity contribution in [3.05, 3.63) is 69.5 Å². The van der Waals surface area contributed by atoms with Crippen molar-refractivity contribution in [2.75, 3.05) is 0 Å². The standard InChI is InChI=1S/C33H36O7/c1-15(2)25-27(36)23(18(5)34)29(38)33(40)30(39)26-28(37)24-21(13-31(26,6)14-32(25,33)7)20(10-11-22(24)35)19-9-8-16(3)12-17(19)4/h8-12,15,25,35,37-38,40H,13-14H2,1-7H3/t25?,31-,32-,33+/m1/s1. The molecule has 3 aliphatic carbocycles. The zero-order valence-electron chi connectivity index (χ0n) is 24.0. The minimum Gasteiger partial charge on any atom is -0.508 e. The topological polar surface area (TPSA) is 132 Å². The maximum Gasteiger partial charge on any atom is 0.203 e. The Balaban J connectivity index is 1.83.